The molecule has 4 heteroatoms. The van der Waals surface area contributed by atoms with E-state index in [4.69, 9.17) is 11.6 Å². The molecule has 0 N–H and O–H groups in total. The summed E-state index contributed by atoms with van der Waals surface area (Å²) >= 11 is 6.27. The van der Waals surface area contributed by atoms with Crippen molar-refractivity contribution >= 4 is 22.5 Å². The van der Waals surface area contributed by atoms with Crippen LogP contribution in [0.1, 0.15) is 25.3 Å². The van der Waals surface area contributed by atoms with Crippen LogP contribution in [0.3, 0.4) is 0 Å². The number of hydrogen-bond acceptors (Lipinski definition) is 2. The molecule has 0 amide bonds. The normalized spacial score (nSPS) is 11.3. The van der Waals surface area contributed by atoms with Crippen LogP contribution in [-0.2, 0) is 0 Å². The van der Waals surface area contributed by atoms with Crippen molar-refractivity contribution in [2.24, 2.45) is 0 Å². The molecule has 3 aromatic rings. The molecule has 1 heterocycles. The first-order valence-corrected chi connectivity index (χ1v) is 7.16. The zero-order valence-corrected chi connectivity index (χ0v) is 12.5. The molecule has 0 saturated carbocycles. The van der Waals surface area contributed by atoms with E-state index in [2.05, 4.69) is 23.8 Å². The summed E-state index contributed by atoms with van der Waals surface area (Å²) in [7, 11) is 0. The Balaban J connectivity index is 2.21. The molecule has 2 nitrogen and oxygen atoms in total. The summed E-state index contributed by atoms with van der Waals surface area (Å²) in [5, 5.41) is 1.14. The SMILES string of the molecule is CC(C)c1ccc2nc(-c3ccccc3F)nc(Cl)c2c1. The van der Waals surface area contributed by atoms with E-state index in [9.17, 15) is 4.39 Å². The summed E-state index contributed by atoms with van der Waals surface area (Å²) in [5.74, 6) is 0.353. The highest BCUT2D eigenvalue weighted by molar-refractivity contribution is 6.34. The molecule has 0 saturated heterocycles. The maximum Gasteiger partial charge on any atom is 0.164 e. The second kappa shape index (κ2) is 5.41. The third-order valence-electron chi connectivity index (χ3n) is 3.45. The van der Waals surface area contributed by atoms with Gasteiger partial charge >= 0.3 is 0 Å². The van der Waals surface area contributed by atoms with Crippen LogP contribution in [-0.4, -0.2) is 9.97 Å². The van der Waals surface area contributed by atoms with Crippen molar-refractivity contribution in [1.82, 2.24) is 9.97 Å². The van der Waals surface area contributed by atoms with E-state index in [-0.39, 0.29) is 5.82 Å². The van der Waals surface area contributed by atoms with Gasteiger partial charge in [0.25, 0.3) is 0 Å². The Bertz CT molecular complexity index is 815. The van der Waals surface area contributed by atoms with Crippen LogP contribution >= 0.6 is 11.6 Å². The fourth-order valence-corrected chi connectivity index (χ4v) is 2.46. The zero-order chi connectivity index (χ0) is 15.0. The van der Waals surface area contributed by atoms with Crippen molar-refractivity contribution in [2.75, 3.05) is 0 Å². The molecule has 2 aromatic carbocycles. The highest BCUT2D eigenvalue weighted by Gasteiger charge is 2.12. The number of rotatable bonds is 2. The van der Waals surface area contributed by atoms with Gasteiger partial charge in [0, 0.05) is 5.39 Å². The number of nitrogens with zero attached hydrogens (tertiary/aromatic N) is 2. The lowest BCUT2D eigenvalue weighted by atomic mass is 10.0. The van der Waals surface area contributed by atoms with Crippen LogP contribution in [0.15, 0.2) is 42.5 Å². The molecule has 0 unspecified atom stereocenters. The van der Waals surface area contributed by atoms with Gasteiger partial charge in [0.2, 0.25) is 0 Å². The highest BCUT2D eigenvalue weighted by atomic mass is 35.5. The van der Waals surface area contributed by atoms with E-state index >= 15 is 0 Å². The lowest BCUT2D eigenvalue weighted by molar-refractivity contribution is 0.630. The fourth-order valence-electron chi connectivity index (χ4n) is 2.23. The van der Waals surface area contributed by atoms with Crippen LogP contribution in [0.4, 0.5) is 4.39 Å². The van der Waals surface area contributed by atoms with Crippen LogP contribution < -0.4 is 0 Å². The van der Waals surface area contributed by atoms with Crippen LogP contribution in [0.2, 0.25) is 5.15 Å². The summed E-state index contributed by atoms with van der Waals surface area (Å²) < 4.78 is 13.9. The van der Waals surface area contributed by atoms with E-state index < -0.39 is 0 Å². The van der Waals surface area contributed by atoms with Crippen molar-refractivity contribution in [1.29, 1.82) is 0 Å². The van der Waals surface area contributed by atoms with Crippen molar-refractivity contribution in [3.05, 3.63) is 59.0 Å². The number of hydrogen-bond donors (Lipinski definition) is 0. The molecular weight excluding hydrogens is 287 g/mol. The van der Waals surface area contributed by atoms with Crippen molar-refractivity contribution in [3.8, 4) is 11.4 Å². The third-order valence-corrected chi connectivity index (χ3v) is 3.74. The number of aromatic nitrogens is 2. The first kappa shape index (κ1) is 14.0. The summed E-state index contributed by atoms with van der Waals surface area (Å²) in [6.07, 6.45) is 0. The topological polar surface area (TPSA) is 25.8 Å². The van der Waals surface area contributed by atoms with Crippen LogP contribution in [0.5, 0.6) is 0 Å². The highest BCUT2D eigenvalue weighted by Crippen LogP contribution is 2.28. The van der Waals surface area contributed by atoms with Gasteiger partial charge in [-0.25, -0.2) is 14.4 Å². The number of halogens is 2. The van der Waals surface area contributed by atoms with E-state index in [1.807, 2.05) is 18.2 Å². The number of benzene rings is 2. The van der Waals surface area contributed by atoms with Gasteiger partial charge in [-0.05, 0) is 35.7 Å². The van der Waals surface area contributed by atoms with Gasteiger partial charge in [-0.3, -0.25) is 0 Å². The minimum Gasteiger partial charge on any atom is -0.228 e. The molecule has 0 fully saturated rings. The standard InChI is InChI=1S/C17H14ClFN2/c1-10(2)11-7-8-15-13(9-11)16(18)21-17(20-15)12-5-3-4-6-14(12)19/h3-10H,1-2H3. The second-order valence-electron chi connectivity index (χ2n) is 5.25. The zero-order valence-electron chi connectivity index (χ0n) is 11.8. The Kier molecular flexibility index (Phi) is 3.60. The molecular formula is C17H14ClFN2. The molecule has 106 valence electrons. The second-order valence-corrected chi connectivity index (χ2v) is 5.61. The lowest BCUT2D eigenvalue weighted by Gasteiger charge is -2.09. The average Bonchev–Trinajstić information content (AvgIpc) is 2.47. The van der Waals surface area contributed by atoms with E-state index in [0.717, 1.165) is 10.9 Å². The Morgan fingerprint density at radius 3 is 2.52 bits per heavy atom. The predicted octanol–water partition coefficient (Wildman–Crippen LogP) is 5.21. The molecule has 0 atom stereocenters. The molecule has 0 bridgehead atoms. The first-order chi connectivity index (χ1) is 10.1. The monoisotopic (exact) mass is 300 g/mol. The Hall–Kier alpha value is -2.00. The minimum absolute atomic E-state index is 0.308. The quantitative estimate of drug-likeness (QED) is 0.607. The van der Waals surface area contributed by atoms with E-state index in [1.165, 1.54) is 11.6 Å². The maximum absolute atomic E-state index is 13.9. The van der Waals surface area contributed by atoms with Gasteiger partial charge in [0.05, 0.1) is 11.1 Å². The van der Waals surface area contributed by atoms with Crippen molar-refractivity contribution < 1.29 is 4.39 Å². The largest absolute Gasteiger partial charge is 0.228 e. The van der Waals surface area contributed by atoms with Crippen molar-refractivity contribution in [3.63, 3.8) is 0 Å². The first-order valence-electron chi connectivity index (χ1n) is 6.78. The van der Waals surface area contributed by atoms with Crippen molar-refractivity contribution in [2.45, 2.75) is 19.8 Å². The van der Waals surface area contributed by atoms with Gasteiger partial charge in [-0.15, -0.1) is 0 Å². The fraction of sp³-hybridized carbons (Fsp3) is 0.176. The van der Waals surface area contributed by atoms with Crippen LogP contribution in [0, 0.1) is 5.82 Å². The molecule has 1 aromatic heterocycles. The molecule has 21 heavy (non-hydrogen) atoms. The van der Waals surface area contributed by atoms with Gasteiger partial charge in [0.15, 0.2) is 5.82 Å². The van der Waals surface area contributed by atoms with E-state index in [1.54, 1.807) is 18.2 Å². The molecule has 0 radical (unpaired) electrons. The smallest absolute Gasteiger partial charge is 0.164 e. The molecule has 0 aliphatic heterocycles. The molecule has 3 rings (SSSR count). The molecule has 0 aliphatic carbocycles. The summed E-state index contributed by atoms with van der Waals surface area (Å²) in [5.41, 5.74) is 2.25. The predicted molar refractivity (Wildman–Crippen MR) is 84.0 cm³/mol. The average molecular weight is 301 g/mol. The molecule has 0 spiro atoms. The minimum atomic E-state index is -0.355. The van der Waals surface area contributed by atoms with Gasteiger partial charge in [0.1, 0.15) is 11.0 Å². The molecule has 0 aliphatic rings. The van der Waals surface area contributed by atoms with Crippen LogP contribution in [0.25, 0.3) is 22.3 Å². The maximum atomic E-state index is 13.9. The number of fused-ring (bicyclic) bond motifs is 1. The Morgan fingerprint density at radius 1 is 1.05 bits per heavy atom. The van der Waals surface area contributed by atoms with E-state index in [0.29, 0.717) is 22.5 Å². The Morgan fingerprint density at radius 2 is 1.81 bits per heavy atom. The Labute approximate surface area is 127 Å². The van der Waals surface area contributed by atoms with Gasteiger partial charge in [-0.1, -0.05) is 43.6 Å². The summed E-state index contributed by atoms with van der Waals surface area (Å²) in [6.45, 7) is 4.23. The summed E-state index contributed by atoms with van der Waals surface area (Å²) in [4.78, 5) is 8.68. The lowest BCUT2D eigenvalue weighted by Crippen LogP contribution is -1.95. The van der Waals surface area contributed by atoms with Gasteiger partial charge < -0.3 is 0 Å². The van der Waals surface area contributed by atoms with Gasteiger partial charge in [-0.2, -0.15) is 0 Å². The third kappa shape index (κ3) is 2.61. The summed E-state index contributed by atoms with van der Waals surface area (Å²) in [6, 6.07) is 12.3.